The van der Waals surface area contributed by atoms with Crippen molar-refractivity contribution < 1.29 is 9.90 Å². The highest BCUT2D eigenvalue weighted by atomic mass is 16.3. The third-order valence-corrected chi connectivity index (χ3v) is 4.58. The fraction of sp³-hybridized carbons (Fsp3) is 0.368. The highest BCUT2D eigenvalue weighted by Gasteiger charge is 2.41. The molecule has 126 valence electrons. The van der Waals surface area contributed by atoms with E-state index in [-0.39, 0.29) is 17.9 Å². The number of nitrogens with zero attached hydrogens (tertiary/aromatic N) is 1. The van der Waals surface area contributed by atoms with Gasteiger partial charge in [0.2, 0.25) is 0 Å². The van der Waals surface area contributed by atoms with E-state index in [1.54, 1.807) is 12.3 Å². The Hall–Kier alpha value is -2.40. The van der Waals surface area contributed by atoms with E-state index in [0.717, 1.165) is 42.9 Å². The summed E-state index contributed by atoms with van der Waals surface area (Å²) in [5.41, 5.74) is 2.68. The number of aliphatic hydroxyl groups excluding tert-OH is 1. The largest absolute Gasteiger partial charge is 0.396 e. The van der Waals surface area contributed by atoms with Gasteiger partial charge in [-0.1, -0.05) is 17.7 Å². The fourth-order valence-corrected chi connectivity index (χ4v) is 2.68. The van der Waals surface area contributed by atoms with Gasteiger partial charge in [0.15, 0.2) is 0 Å². The number of hydrogen-bond acceptors (Lipinski definition) is 4. The van der Waals surface area contributed by atoms with Crippen molar-refractivity contribution in [2.75, 3.05) is 23.8 Å². The number of amides is 1. The van der Waals surface area contributed by atoms with Gasteiger partial charge in [-0.15, -0.1) is 0 Å². The zero-order valence-electron chi connectivity index (χ0n) is 13.9. The maximum atomic E-state index is 12.2. The highest BCUT2D eigenvalue weighted by Crippen LogP contribution is 2.48. The number of aryl methyl sites for hydroxylation is 1. The van der Waals surface area contributed by atoms with Crippen LogP contribution >= 0.6 is 0 Å². The monoisotopic (exact) mass is 325 g/mol. The first-order valence-corrected chi connectivity index (χ1v) is 8.29. The Labute approximate surface area is 142 Å². The van der Waals surface area contributed by atoms with Crippen molar-refractivity contribution >= 4 is 17.4 Å². The molecule has 0 unspecified atom stereocenters. The molecule has 1 fully saturated rings. The predicted molar refractivity (Wildman–Crippen MR) is 95.2 cm³/mol. The van der Waals surface area contributed by atoms with E-state index in [2.05, 4.69) is 15.6 Å². The first-order valence-electron chi connectivity index (χ1n) is 8.29. The Morgan fingerprint density at radius 2 is 1.96 bits per heavy atom. The van der Waals surface area contributed by atoms with Gasteiger partial charge < -0.3 is 15.7 Å². The Bertz CT molecular complexity index is 692. The molecule has 1 aliphatic carbocycles. The number of hydrogen-bond donors (Lipinski definition) is 3. The summed E-state index contributed by atoms with van der Waals surface area (Å²) in [7, 11) is 0. The van der Waals surface area contributed by atoms with Crippen LogP contribution < -0.4 is 10.6 Å². The number of aromatic nitrogens is 1. The van der Waals surface area contributed by atoms with Crippen LogP contribution in [0.5, 0.6) is 0 Å². The molecule has 1 aromatic heterocycles. The molecular weight excluding hydrogens is 302 g/mol. The van der Waals surface area contributed by atoms with Crippen LogP contribution in [0.4, 0.5) is 11.5 Å². The second-order valence-electron chi connectivity index (χ2n) is 6.58. The molecule has 0 bridgehead atoms. The Morgan fingerprint density at radius 1 is 1.21 bits per heavy atom. The molecule has 0 radical (unpaired) electrons. The maximum Gasteiger partial charge on any atom is 0.257 e. The molecule has 5 heteroatoms. The van der Waals surface area contributed by atoms with Crippen molar-refractivity contribution in [1.29, 1.82) is 0 Å². The van der Waals surface area contributed by atoms with Crippen molar-refractivity contribution in [3.05, 3.63) is 53.7 Å². The van der Waals surface area contributed by atoms with Crippen LogP contribution in [0.1, 0.15) is 35.2 Å². The molecule has 2 aromatic rings. The summed E-state index contributed by atoms with van der Waals surface area (Å²) in [4.78, 5) is 16.5. The number of benzene rings is 1. The zero-order chi connectivity index (χ0) is 17.0. The quantitative estimate of drug-likeness (QED) is 0.731. The normalized spacial score (nSPS) is 14.9. The van der Waals surface area contributed by atoms with Crippen LogP contribution in [0.25, 0.3) is 0 Å². The van der Waals surface area contributed by atoms with Crippen LogP contribution in [0.2, 0.25) is 0 Å². The van der Waals surface area contributed by atoms with Gasteiger partial charge in [0.05, 0.1) is 5.56 Å². The van der Waals surface area contributed by atoms with Crippen molar-refractivity contribution in [1.82, 2.24) is 4.98 Å². The summed E-state index contributed by atoms with van der Waals surface area (Å²) in [5, 5.41) is 15.2. The van der Waals surface area contributed by atoms with Gasteiger partial charge in [0.25, 0.3) is 5.91 Å². The summed E-state index contributed by atoms with van der Waals surface area (Å²) >= 11 is 0. The molecule has 0 atom stereocenters. The number of nitrogens with one attached hydrogen (secondary N) is 2. The maximum absolute atomic E-state index is 12.2. The Kier molecular flexibility index (Phi) is 4.81. The minimum atomic E-state index is -0.170. The van der Waals surface area contributed by atoms with E-state index in [9.17, 15) is 4.79 Å². The summed E-state index contributed by atoms with van der Waals surface area (Å²) in [6.45, 7) is 3.05. The minimum absolute atomic E-state index is 0.170. The lowest BCUT2D eigenvalue weighted by atomic mass is 10.0. The SMILES string of the molecule is Cc1ccc(NC(=O)c2ccc(NCC3(CCO)CC3)nc2)cc1. The molecule has 0 aliphatic heterocycles. The smallest absolute Gasteiger partial charge is 0.257 e. The van der Waals surface area contributed by atoms with Gasteiger partial charge in [-0.25, -0.2) is 4.98 Å². The molecule has 1 saturated carbocycles. The van der Waals surface area contributed by atoms with E-state index in [1.165, 1.54) is 0 Å². The second kappa shape index (κ2) is 7.01. The summed E-state index contributed by atoms with van der Waals surface area (Å²) in [6, 6.07) is 11.3. The molecule has 1 amide bonds. The van der Waals surface area contributed by atoms with Crippen LogP contribution in [-0.2, 0) is 0 Å². The molecule has 3 N–H and O–H groups in total. The van der Waals surface area contributed by atoms with E-state index >= 15 is 0 Å². The van der Waals surface area contributed by atoms with Crippen molar-refractivity contribution in [2.24, 2.45) is 5.41 Å². The number of carbonyl (C=O) groups is 1. The number of pyridine rings is 1. The molecule has 3 rings (SSSR count). The topological polar surface area (TPSA) is 74.2 Å². The van der Waals surface area contributed by atoms with Crippen LogP contribution in [0, 0.1) is 12.3 Å². The van der Waals surface area contributed by atoms with Gasteiger partial charge in [0, 0.05) is 25.0 Å². The summed E-state index contributed by atoms with van der Waals surface area (Å²) < 4.78 is 0. The lowest BCUT2D eigenvalue weighted by Gasteiger charge is -2.15. The third-order valence-electron chi connectivity index (χ3n) is 4.58. The van der Waals surface area contributed by atoms with Crippen molar-refractivity contribution in [2.45, 2.75) is 26.2 Å². The van der Waals surface area contributed by atoms with Gasteiger partial charge in [-0.3, -0.25) is 4.79 Å². The average molecular weight is 325 g/mol. The van der Waals surface area contributed by atoms with Crippen molar-refractivity contribution in [3.8, 4) is 0 Å². The number of anilines is 2. The van der Waals surface area contributed by atoms with E-state index in [0.29, 0.717) is 5.56 Å². The first kappa shape index (κ1) is 16.5. The summed E-state index contributed by atoms with van der Waals surface area (Å²) in [6.07, 6.45) is 4.71. The molecule has 1 aromatic carbocycles. The van der Waals surface area contributed by atoms with Crippen molar-refractivity contribution in [3.63, 3.8) is 0 Å². The minimum Gasteiger partial charge on any atom is -0.396 e. The fourth-order valence-electron chi connectivity index (χ4n) is 2.68. The van der Waals surface area contributed by atoms with Crippen LogP contribution in [0.3, 0.4) is 0 Å². The average Bonchev–Trinajstić information content (AvgIpc) is 3.36. The predicted octanol–water partition coefficient (Wildman–Crippen LogP) is 3.22. The number of carbonyl (C=O) groups excluding carboxylic acids is 1. The lowest BCUT2D eigenvalue weighted by molar-refractivity contribution is 0.102. The summed E-state index contributed by atoms with van der Waals surface area (Å²) in [5.74, 6) is 0.586. The lowest BCUT2D eigenvalue weighted by Crippen LogP contribution is -2.18. The van der Waals surface area contributed by atoms with Crippen LogP contribution in [0.15, 0.2) is 42.6 Å². The Balaban J connectivity index is 1.55. The third kappa shape index (κ3) is 4.11. The number of rotatable bonds is 7. The van der Waals surface area contributed by atoms with Gasteiger partial charge >= 0.3 is 0 Å². The number of aliphatic hydroxyl groups is 1. The molecule has 5 nitrogen and oxygen atoms in total. The zero-order valence-corrected chi connectivity index (χ0v) is 13.9. The standard InChI is InChI=1S/C19H23N3O2/c1-14-2-5-16(6-3-14)22-18(24)15-4-7-17(20-12-15)21-13-19(8-9-19)10-11-23/h2-7,12,23H,8-11,13H2,1H3,(H,20,21)(H,22,24). The molecule has 1 heterocycles. The molecule has 24 heavy (non-hydrogen) atoms. The van der Waals surface area contributed by atoms with Gasteiger partial charge in [-0.2, -0.15) is 0 Å². The Morgan fingerprint density at radius 3 is 2.54 bits per heavy atom. The van der Waals surface area contributed by atoms with Crippen LogP contribution in [-0.4, -0.2) is 29.1 Å². The van der Waals surface area contributed by atoms with E-state index in [4.69, 9.17) is 5.11 Å². The van der Waals surface area contributed by atoms with Gasteiger partial charge in [-0.05, 0) is 55.9 Å². The molecular formula is C19H23N3O2. The van der Waals surface area contributed by atoms with E-state index in [1.807, 2.05) is 37.3 Å². The molecule has 0 spiro atoms. The highest BCUT2D eigenvalue weighted by molar-refractivity contribution is 6.04. The second-order valence-corrected chi connectivity index (χ2v) is 6.58. The van der Waals surface area contributed by atoms with Gasteiger partial charge in [0.1, 0.15) is 5.82 Å². The van der Waals surface area contributed by atoms with E-state index < -0.39 is 0 Å². The first-order chi connectivity index (χ1) is 11.6. The molecule has 0 saturated heterocycles. The molecule has 1 aliphatic rings.